The van der Waals surface area contributed by atoms with Gasteiger partial charge in [0.25, 0.3) is 0 Å². The maximum Gasteiger partial charge on any atom is 0.167 e. The van der Waals surface area contributed by atoms with Crippen molar-refractivity contribution in [1.82, 2.24) is 10.1 Å². The molecule has 15 heavy (non-hydrogen) atoms. The molecule has 0 aliphatic heterocycles. The number of nitrogens with two attached hydrogens (primary N) is 1. The van der Waals surface area contributed by atoms with Crippen molar-refractivity contribution in [2.45, 2.75) is 6.54 Å². The molecule has 2 aromatic heterocycles. The molecule has 2 rings (SSSR count). The zero-order valence-corrected chi connectivity index (χ0v) is 8.42. The van der Waals surface area contributed by atoms with Crippen molar-refractivity contribution in [3.63, 3.8) is 0 Å². The summed E-state index contributed by atoms with van der Waals surface area (Å²) in [6, 6.07) is 5.58. The Balaban J connectivity index is 2.07. The third-order valence-corrected chi connectivity index (χ3v) is 2.06. The van der Waals surface area contributed by atoms with Crippen LogP contribution < -0.4 is 10.6 Å². The van der Waals surface area contributed by atoms with Crippen LogP contribution in [0.15, 0.2) is 35.1 Å². The van der Waals surface area contributed by atoms with Gasteiger partial charge >= 0.3 is 0 Å². The van der Waals surface area contributed by atoms with Gasteiger partial charge < -0.3 is 15.2 Å². The first-order valence-electron chi connectivity index (χ1n) is 4.58. The predicted molar refractivity (Wildman–Crippen MR) is 57.3 cm³/mol. The Bertz CT molecular complexity index is 426. The lowest BCUT2D eigenvalue weighted by Gasteiger charge is -2.16. The van der Waals surface area contributed by atoms with Crippen LogP contribution >= 0.6 is 0 Å². The Morgan fingerprint density at radius 1 is 1.53 bits per heavy atom. The number of rotatable bonds is 3. The van der Waals surface area contributed by atoms with Crippen LogP contribution in [-0.4, -0.2) is 17.2 Å². The molecule has 2 N–H and O–H groups in total. The quantitative estimate of drug-likeness (QED) is 0.815. The molecule has 0 saturated heterocycles. The topological polar surface area (TPSA) is 68.2 Å². The zero-order valence-electron chi connectivity index (χ0n) is 8.42. The molecule has 0 unspecified atom stereocenters. The summed E-state index contributed by atoms with van der Waals surface area (Å²) in [5.74, 6) is 1.14. The van der Waals surface area contributed by atoms with Crippen LogP contribution in [0.25, 0.3) is 0 Å². The average molecular weight is 204 g/mol. The summed E-state index contributed by atoms with van der Waals surface area (Å²) in [7, 11) is 1.95. The summed E-state index contributed by atoms with van der Waals surface area (Å²) in [6.45, 7) is 0.621. The second-order valence-corrected chi connectivity index (χ2v) is 3.29. The van der Waals surface area contributed by atoms with E-state index in [0.29, 0.717) is 12.4 Å². The van der Waals surface area contributed by atoms with E-state index >= 15 is 0 Å². The monoisotopic (exact) mass is 204 g/mol. The largest absolute Gasteiger partial charge is 0.381 e. The molecule has 0 aliphatic rings. The van der Waals surface area contributed by atoms with E-state index in [1.54, 1.807) is 18.5 Å². The van der Waals surface area contributed by atoms with E-state index < -0.39 is 0 Å². The number of hydrogen-bond donors (Lipinski definition) is 1. The van der Waals surface area contributed by atoms with Crippen LogP contribution in [0.2, 0.25) is 0 Å². The first kappa shape index (κ1) is 9.51. The number of anilines is 2. The fourth-order valence-corrected chi connectivity index (χ4v) is 1.31. The number of hydrogen-bond acceptors (Lipinski definition) is 5. The van der Waals surface area contributed by atoms with E-state index in [1.165, 1.54) is 0 Å². The summed E-state index contributed by atoms with van der Waals surface area (Å²) < 4.78 is 5.02. The van der Waals surface area contributed by atoms with E-state index in [-0.39, 0.29) is 0 Å². The van der Waals surface area contributed by atoms with Crippen LogP contribution in [-0.2, 0) is 6.54 Å². The highest BCUT2D eigenvalue weighted by atomic mass is 16.5. The molecule has 0 aliphatic carbocycles. The molecule has 0 fully saturated rings. The third-order valence-electron chi connectivity index (χ3n) is 2.06. The van der Waals surface area contributed by atoms with Gasteiger partial charge in [-0.3, -0.25) is 4.98 Å². The van der Waals surface area contributed by atoms with Gasteiger partial charge in [-0.15, -0.1) is 0 Å². The maximum absolute atomic E-state index is 5.46. The lowest BCUT2D eigenvalue weighted by Crippen LogP contribution is -2.15. The standard InChI is InChI=1S/C10H12N4O/c1-14(8-3-2-4-12-6-8)7-9-5-10(11)13-15-9/h2-6H,7H2,1H3,(H2,11,13). The van der Waals surface area contributed by atoms with Crippen molar-refractivity contribution in [1.29, 1.82) is 0 Å². The molecule has 0 amide bonds. The minimum absolute atomic E-state index is 0.407. The van der Waals surface area contributed by atoms with Gasteiger partial charge in [0, 0.05) is 19.3 Å². The molecule has 0 spiro atoms. The number of nitrogens with zero attached hydrogens (tertiary/aromatic N) is 3. The fourth-order valence-electron chi connectivity index (χ4n) is 1.31. The molecule has 0 radical (unpaired) electrons. The second-order valence-electron chi connectivity index (χ2n) is 3.29. The fraction of sp³-hybridized carbons (Fsp3) is 0.200. The van der Waals surface area contributed by atoms with E-state index in [1.807, 2.05) is 24.1 Å². The molecule has 5 heteroatoms. The number of nitrogen functional groups attached to an aromatic ring is 1. The maximum atomic E-state index is 5.46. The minimum Gasteiger partial charge on any atom is -0.381 e. The van der Waals surface area contributed by atoms with Crippen molar-refractivity contribution >= 4 is 11.5 Å². The molecule has 2 heterocycles. The van der Waals surface area contributed by atoms with Crippen LogP contribution in [0.3, 0.4) is 0 Å². The van der Waals surface area contributed by atoms with E-state index in [0.717, 1.165) is 11.4 Å². The second kappa shape index (κ2) is 4.00. The van der Waals surface area contributed by atoms with Crippen molar-refractivity contribution in [2.75, 3.05) is 17.7 Å². The third kappa shape index (κ3) is 2.25. The first-order valence-corrected chi connectivity index (χ1v) is 4.58. The molecule has 0 bridgehead atoms. The van der Waals surface area contributed by atoms with Gasteiger partial charge in [0.1, 0.15) is 0 Å². The van der Waals surface area contributed by atoms with Gasteiger partial charge in [0.05, 0.1) is 18.4 Å². The SMILES string of the molecule is CN(Cc1cc(N)no1)c1cccnc1. The van der Waals surface area contributed by atoms with Crippen LogP contribution in [0.1, 0.15) is 5.76 Å². The summed E-state index contributed by atoms with van der Waals surface area (Å²) >= 11 is 0. The summed E-state index contributed by atoms with van der Waals surface area (Å²) in [5.41, 5.74) is 6.48. The van der Waals surface area contributed by atoms with Crippen molar-refractivity contribution in [3.05, 3.63) is 36.4 Å². The van der Waals surface area contributed by atoms with Crippen molar-refractivity contribution in [3.8, 4) is 0 Å². The molecule has 5 nitrogen and oxygen atoms in total. The molecule has 2 aromatic rings. The Hall–Kier alpha value is -2.04. The highest BCUT2D eigenvalue weighted by Crippen LogP contribution is 2.14. The van der Waals surface area contributed by atoms with Crippen LogP contribution in [0, 0.1) is 0 Å². The number of pyridine rings is 1. The normalized spacial score (nSPS) is 10.2. The highest BCUT2D eigenvalue weighted by Gasteiger charge is 2.06. The van der Waals surface area contributed by atoms with Crippen LogP contribution in [0.5, 0.6) is 0 Å². The summed E-state index contributed by atoms with van der Waals surface area (Å²) in [4.78, 5) is 6.05. The number of aromatic nitrogens is 2. The van der Waals surface area contributed by atoms with Gasteiger partial charge in [-0.25, -0.2) is 0 Å². The van der Waals surface area contributed by atoms with Crippen LogP contribution in [0.4, 0.5) is 11.5 Å². The van der Waals surface area contributed by atoms with E-state index in [4.69, 9.17) is 10.3 Å². The van der Waals surface area contributed by atoms with Gasteiger partial charge in [-0.2, -0.15) is 0 Å². The van der Waals surface area contributed by atoms with Crippen molar-refractivity contribution in [2.24, 2.45) is 0 Å². The minimum atomic E-state index is 0.407. The smallest absolute Gasteiger partial charge is 0.167 e. The van der Waals surface area contributed by atoms with E-state index in [9.17, 15) is 0 Å². The lowest BCUT2D eigenvalue weighted by molar-refractivity contribution is 0.385. The highest BCUT2D eigenvalue weighted by molar-refractivity contribution is 5.43. The Morgan fingerprint density at radius 2 is 2.40 bits per heavy atom. The Morgan fingerprint density at radius 3 is 3.00 bits per heavy atom. The average Bonchev–Trinajstić information content (AvgIpc) is 2.65. The Labute approximate surface area is 87.5 Å². The Kier molecular flexibility index (Phi) is 2.53. The lowest BCUT2D eigenvalue weighted by atomic mass is 10.3. The molecule has 0 aromatic carbocycles. The molecule has 78 valence electrons. The molecule has 0 atom stereocenters. The zero-order chi connectivity index (χ0) is 10.7. The first-order chi connectivity index (χ1) is 7.25. The predicted octanol–water partition coefficient (Wildman–Crippen LogP) is 1.29. The van der Waals surface area contributed by atoms with Crippen molar-refractivity contribution < 1.29 is 4.52 Å². The molecular formula is C10H12N4O. The molecule has 0 saturated carbocycles. The molecular weight excluding hydrogens is 192 g/mol. The van der Waals surface area contributed by atoms with Gasteiger partial charge in [-0.1, -0.05) is 5.16 Å². The summed E-state index contributed by atoms with van der Waals surface area (Å²) in [5, 5.41) is 3.62. The van der Waals surface area contributed by atoms with Gasteiger partial charge in [0.15, 0.2) is 11.6 Å². The van der Waals surface area contributed by atoms with Gasteiger partial charge in [0.2, 0.25) is 0 Å². The van der Waals surface area contributed by atoms with E-state index in [2.05, 4.69) is 10.1 Å². The summed E-state index contributed by atoms with van der Waals surface area (Å²) in [6.07, 6.45) is 3.53. The van der Waals surface area contributed by atoms with Gasteiger partial charge in [-0.05, 0) is 12.1 Å².